The second-order valence-corrected chi connectivity index (χ2v) is 6.18. The number of hydrogen-bond acceptors (Lipinski definition) is 3. The molecule has 20 heavy (non-hydrogen) atoms. The highest BCUT2D eigenvalue weighted by Gasteiger charge is 2.34. The fraction of sp³-hybridized carbons (Fsp3) is 0.118. The third-order valence-corrected chi connectivity index (χ3v) is 5.21. The maximum atomic E-state index is 12.5. The largest absolute Gasteiger partial charge is 0.353 e. The van der Waals surface area contributed by atoms with Crippen molar-refractivity contribution in [2.24, 2.45) is 5.92 Å². The highest BCUT2D eigenvalue weighted by atomic mass is 32.2. The van der Waals surface area contributed by atoms with Crippen molar-refractivity contribution in [2.75, 3.05) is 5.32 Å². The maximum absolute atomic E-state index is 12.5. The molecule has 1 atom stereocenters. The summed E-state index contributed by atoms with van der Waals surface area (Å²) in [7, 11) is 0. The van der Waals surface area contributed by atoms with Gasteiger partial charge in [-0.1, -0.05) is 55.1 Å². The van der Waals surface area contributed by atoms with Crippen molar-refractivity contribution >= 4 is 28.9 Å². The van der Waals surface area contributed by atoms with Gasteiger partial charge in [0.2, 0.25) is 0 Å². The molecular formula is C17H13NOS. The van der Waals surface area contributed by atoms with E-state index in [0.717, 1.165) is 27.4 Å². The number of allylic oxidation sites excluding steroid dienone is 1. The van der Waals surface area contributed by atoms with Gasteiger partial charge in [-0.15, -0.1) is 0 Å². The molecule has 4 rings (SSSR count). The smallest absolute Gasteiger partial charge is 0.171 e. The van der Waals surface area contributed by atoms with Crippen molar-refractivity contribution < 1.29 is 4.79 Å². The van der Waals surface area contributed by atoms with E-state index in [4.69, 9.17) is 0 Å². The van der Waals surface area contributed by atoms with Crippen LogP contribution < -0.4 is 5.32 Å². The molecule has 0 amide bonds. The second kappa shape index (κ2) is 4.25. The lowest BCUT2D eigenvalue weighted by Gasteiger charge is -2.31. The van der Waals surface area contributed by atoms with Gasteiger partial charge in [0.25, 0.3) is 0 Å². The van der Waals surface area contributed by atoms with Crippen LogP contribution in [0.2, 0.25) is 0 Å². The minimum absolute atomic E-state index is 0.0780. The fourth-order valence-corrected chi connectivity index (χ4v) is 3.96. The maximum Gasteiger partial charge on any atom is 0.171 e. The topological polar surface area (TPSA) is 29.1 Å². The van der Waals surface area contributed by atoms with E-state index in [1.807, 2.05) is 43.3 Å². The lowest BCUT2D eigenvalue weighted by Crippen LogP contribution is -2.24. The monoisotopic (exact) mass is 279 g/mol. The van der Waals surface area contributed by atoms with E-state index >= 15 is 0 Å². The van der Waals surface area contributed by atoms with Gasteiger partial charge in [0.05, 0.1) is 17.3 Å². The molecule has 0 bridgehead atoms. The molecule has 0 radical (unpaired) electrons. The van der Waals surface area contributed by atoms with Gasteiger partial charge < -0.3 is 5.32 Å². The van der Waals surface area contributed by atoms with Crippen molar-refractivity contribution in [3.63, 3.8) is 0 Å². The third-order valence-electron chi connectivity index (χ3n) is 3.86. The first-order valence-corrected chi connectivity index (χ1v) is 7.49. The van der Waals surface area contributed by atoms with E-state index in [0.29, 0.717) is 0 Å². The van der Waals surface area contributed by atoms with Crippen LogP contribution in [0.15, 0.2) is 58.3 Å². The number of carbonyl (C=O) groups excluding carboxylic acids is 1. The van der Waals surface area contributed by atoms with Gasteiger partial charge >= 0.3 is 0 Å². The Morgan fingerprint density at radius 3 is 2.55 bits per heavy atom. The number of rotatable bonds is 0. The highest BCUT2D eigenvalue weighted by molar-refractivity contribution is 8.03. The van der Waals surface area contributed by atoms with Crippen LogP contribution >= 0.6 is 11.8 Å². The quantitative estimate of drug-likeness (QED) is 0.774. The number of nitrogens with one attached hydrogen (secondary N) is 1. The van der Waals surface area contributed by atoms with E-state index in [1.165, 1.54) is 4.90 Å². The third kappa shape index (κ3) is 1.56. The van der Waals surface area contributed by atoms with Crippen LogP contribution in [0.5, 0.6) is 0 Å². The van der Waals surface area contributed by atoms with Crippen molar-refractivity contribution in [3.05, 3.63) is 64.6 Å². The van der Waals surface area contributed by atoms with Gasteiger partial charge in [-0.2, -0.15) is 0 Å². The number of hydrogen-bond donors (Lipinski definition) is 1. The Labute approximate surface area is 121 Å². The van der Waals surface area contributed by atoms with Crippen molar-refractivity contribution in [1.82, 2.24) is 0 Å². The number of Topliss-reactive ketones (excluding diaryl/α,β-unsaturated/α-hetero) is 1. The van der Waals surface area contributed by atoms with E-state index in [-0.39, 0.29) is 11.7 Å². The Balaban J connectivity index is 1.93. The molecule has 0 saturated carbocycles. The summed E-state index contributed by atoms with van der Waals surface area (Å²) < 4.78 is 0. The minimum Gasteiger partial charge on any atom is -0.353 e. The predicted octanol–water partition coefficient (Wildman–Crippen LogP) is 4.41. The van der Waals surface area contributed by atoms with Crippen molar-refractivity contribution in [3.8, 4) is 0 Å². The number of benzene rings is 2. The van der Waals surface area contributed by atoms with Gasteiger partial charge in [-0.3, -0.25) is 4.79 Å². The molecule has 1 aliphatic heterocycles. The van der Waals surface area contributed by atoms with E-state index in [2.05, 4.69) is 17.4 Å². The van der Waals surface area contributed by atoms with E-state index < -0.39 is 0 Å². The van der Waals surface area contributed by atoms with Crippen LogP contribution in [0, 0.1) is 5.92 Å². The van der Waals surface area contributed by atoms with Gasteiger partial charge in [0.1, 0.15) is 0 Å². The Hall–Kier alpha value is -2.00. The molecule has 0 aromatic heterocycles. The van der Waals surface area contributed by atoms with Crippen molar-refractivity contribution in [1.29, 1.82) is 0 Å². The molecule has 0 fully saturated rings. The average Bonchev–Trinajstić information content (AvgIpc) is 2.51. The summed E-state index contributed by atoms with van der Waals surface area (Å²) >= 11 is 1.71. The summed E-state index contributed by atoms with van der Waals surface area (Å²) in [4.78, 5) is 14.8. The van der Waals surface area contributed by atoms with Crippen LogP contribution in [-0.4, -0.2) is 5.78 Å². The standard InChI is InChI=1S/C17H13NOS/c1-10-16(19)12-7-3-2-6-11(12)15-17(10)20-14-9-5-4-8-13(14)18-15/h2-10,18H,1H3. The van der Waals surface area contributed by atoms with Crippen LogP contribution in [0.4, 0.5) is 5.69 Å². The van der Waals surface area contributed by atoms with Crippen LogP contribution in [-0.2, 0) is 0 Å². The average molecular weight is 279 g/mol. The molecule has 0 saturated heterocycles. The molecule has 98 valence electrons. The molecule has 0 spiro atoms. The molecule has 2 nitrogen and oxygen atoms in total. The number of ketones is 1. The summed E-state index contributed by atoms with van der Waals surface area (Å²) in [6, 6.07) is 16.1. The first kappa shape index (κ1) is 11.8. The summed E-state index contributed by atoms with van der Waals surface area (Å²) in [5.74, 6) is 0.138. The number of anilines is 1. The summed E-state index contributed by atoms with van der Waals surface area (Å²) in [5, 5.41) is 3.51. The Morgan fingerprint density at radius 1 is 1.00 bits per heavy atom. The zero-order valence-corrected chi connectivity index (χ0v) is 11.8. The zero-order chi connectivity index (χ0) is 13.7. The lowest BCUT2D eigenvalue weighted by atomic mass is 9.87. The molecule has 3 heteroatoms. The minimum atomic E-state index is -0.0780. The van der Waals surface area contributed by atoms with E-state index in [9.17, 15) is 4.79 Å². The molecule has 1 N–H and O–H groups in total. The molecule has 2 aromatic carbocycles. The number of fused-ring (bicyclic) bond motifs is 3. The lowest BCUT2D eigenvalue weighted by molar-refractivity contribution is 0.0949. The van der Waals surface area contributed by atoms with Gasteiger partial charge in [0.15, 0.2) is 5.78 Å². The number of carbonyl (C=O) groups is 1. The summed E-state index contributed by atoms with van der Waals surface area (Å²) in [6.45, 7) is 2.00. The SMILES string of the molecule is CC1C(=O)c2ccccc2C2=C1Sc1ccccc1N2. The molecule has 1 unspecified atom stereocenters. The van der Waals surface area contributed by atoms with Crippen LogP contribution in [0.3, 0.4) is 0 Å². The first-order chi connectivity index (χ1) is 9.75. The molecule has 1 heterocycles. The summed E-state index contributed by atoms with van der Waals surface area (Å²) in [5.41, 5.74) is 4.06. The first-order valence-electron chi connectivity index (χ1n) is 6.67. The van der Waals surface area contributed by atoms with Crippen molar-refractivity contribution in [2.45, 2.75) is 11.8 Å². The normalized spacial score (nSPS) is 19.9. The number of para-hydroxylation sites is 1. The Morgan fingerprint density at radius 2 is 1.70 bits per heavy atom. The molecule has 2 aliphatic rings. The van der Waals surface area contributed by atoms with Gasteiger partial charge in [-0.05, 0) is 12.1 Å². The highest BCUT2D eigenvalue weighted by Crippen LogP contribution is 2.49. The summed E-state index contributed by atoms with van der Waals surface area (Å²) in [6.07, 6.45) is 0. The van der Waals surface area contributed by atoms with Gasteiger partial charge in [0, 0.05) is 20.9 Å². The molecule has 1 aliphatic carbocycles. The molecular weight excluding hydrogens is 266 g/mol. The van der Waals surface area contributed by atoms with Crippen LogP contribution in [0.1, 0.15) is 22.8 Å². The number of thioether (sulfide) groups is 1. The second-order valence-electron chi connectivity index (χ2n) is 5.09. The van der Waals surface area contributed by atoms with E-state index in [1.54, 1.807) is 11.8 Å². The predicted molar refractivity (Wildman–Crippen MR) is 82.8 cm³/mol. The van der Waals surface area contributed by atoms with Crippen LogP contribution in [0.25, 0.3) is 5.70 Å². The molecule has 2 aromatic rings. The zero-order valence-electron chi connectivity index (χ0n) is 11.0. The Kier molecular flexibility index (Phi) is 2.51. The van der Waals surface area contributed by atoms with Gasteiger partial charge in [-0.25, -0.2) is 0 Å². The Bertz CT molecular complexity index is 763. The fourth-order valence-electron chi connectivity index (χ4n) is 2.80.